The lowest BCUT2D eigenvalue weighted by molar-refractivity contribution is -0.140. The molecule has 0 saturated heterocycles. The second kappa shape index (κ2) is 8.80. The fraction of sp³-hybridized carbons (Fsp3) is 0.370. The first-order valence-corrected chi connectivity index (χ1v) is 12.0. The van der Waals surface area contributed by atoms with Crippen LogP contribution < -0.4 is 4.90 Å². The number of halogens is 3. The van der Waals surface area contributed by atoms with Crippen LogP contribution in [-0.2, 0) is 26.3 Å². The van der Waals surface area contributed by atoms with E-state index < -0.39 is 11.9 Å². The molecule has 1 aromatic carbocycles. The normalized spacial score (nSPS) is 16.0. The minimum absolute atomic E-state index is 0.215. The highest BCUT2D eigenvalue weighted by Gasteiger charge is 2.35. The number of nitrogens with zero attached hydrogens (tertiary/aromatic N) is 6. The van der Waals surface area contributed by atoms with Crippen molar-refractivity contribution >= 4 is 5.69 Å². The van der Waals surface area contributed by atoms with Gasteiger partial charge in [-0.2, -0.15) is 13.2 Å². The van der Waals surface area contributed by atoms with Crippen LogP contribution in [0.3, 0.4) is 0 Å². The zero-order chi connectivity index (χ0) is 25.8. The Hall–Kier alpha value is -3.62. The molecule has 3 aromatic heterocycles. The van der Waals surface area contributed by atoms with Crippen LogP contribution in [0.15, 0.2) is 48.8 Å². The molecule has 4 aromatic rings. The van der Waals surface area contributed by atoms with Gasteiger partial charge in [0.2, 0.25) is 0 Å². The van der Waals surface area contributed by atoms with E-state index in [1.807, 2.05) is 43.5 Å². The van der Waals surface area contributed by atoms with Gasteiger partial charge in [0.15, 0.2) is 5.69 Å². The number of hydrogen-bond donors (Lipinski definition) is 0. The molecule has 36 heavy (non-hydrogen) atoms. The lowest BCUT2D eigenvalue weighted by Gasteiger charge is -2.37. The third kappa shape index (κ3) is 4.16. The summed E-state index contributed by atoms with van der Waals surface area (Å²) in [6.45, 7) is 9.95. The van der Waals surface area contributed by atoms with Gasteiger partial charge in [-0.05, 0) is 56.2 Å². The molecule has 0 saturated carbocycles. The summed E-state index contributed by atoms with van der Waals surface area (Å²) in [6.07, 6.45) is -1.63. The molecule has 0 spiro atoms. The molecule has 0 fully saturated rings. The van der Waals surface area contributed by atoms with E-state index in [1.54, 1.807) is 7.05 Å². The minimum Gasteiger partial charge on any atom is -0.361 e. The van der Waals surface area contributed by atoms with Crippen molar-refractivity contribution in [3.8, 4) is 22.6 Å². The van der Waals surface area contributed by atoms with Crippen molar-refractivity contribution in [2.45, 2.75) is 58.9 Å². The molecule has 5 rings (SSSR count). The van der Waals surface area contributed by atoms with Crippen molar-refractivity contribution in [3.63, 3.8) is 0 Å². The molecule has 0 aliphatic carbocycles. The van der Waals surface area contributed by atoms with Crippen molar-refractivity contribution in [3.05, 3.63) is 71.7 Å². The van der Waals surface area contributed by atoms with E-state index in [2.05, 4.69) is 46.3 Å². The van der Waals surface area contributed by atoms with Crippen LogP contribution in [0.1, 0.15) is 49.6 Å². The number of anilines is 1. The molecule has 4 heterocycles. The second-order valence-corrected chi connectivity index (χ2v) is 9.74. The van der Waals surface area contributed by atoms with Crippen LogP contribution in [0.25, 0.3) is 22.6 Å². The molecule has 6 nitrogen and oxygen atoms in total. The summed E-state index contributed by atoms with van der Waals surface area (Å²) < 4.78 is 43.0. The molecule has 0 amide bonds. The van der Waals surface area contributed by atoms with Crippen LogP contribution in [0.2, 0.25) is 0 Å². The van der Waals surface area contributed by atoms with Gasteiger partial charge in [0, 0.05) is 48.8 Å². The van der Waals surface area contributed by atoms with E-state index in [9.17, 15) is 13.2 Å². The second-order valence-electron chi connectivity index (χ2n) is 9.74. The van der Waals surface area contributed by atoms with Gasteiger partial charge < -0.3 is 14.0 Å². The van der Waals surface area contributed by atoms with Crippen LogP contribution in [0.5, 0.6) is 0 Å². The summed E-state index contributed by atoms with van der Waals surface area (Å²) >= 11 is 0. The van der Waals surface area contributed by atoms with Crippen molar-refractivity contribution in [2.24, 2.45) is 7.05 Å². The fourth-order valence-electron chi connectivity index (χ4n) is 5.00. The molecule has 188 valence electrons. The maximum atomic E-state index is 13.1. The standard InChI is InChI=1S/C27H29F3N6/c1-16(2)24-21(7-6-12-31-24)25-22-14-35(17(3)13-36(22)18(4)32-25)20-10-8-19(9-11-20)26-33-23(15-34(26)5)27(28,29)30/h6-12,15-17H,13-14H2,1-5H3/t17-/m1/s1. The van der Waals surface area contributed by atoms with Gasteiger partial charge in [0.05, 0.1) is 23.6 Å². The molecular weight excluding hydrogens is 465 g/mol. The van der Waals surface area contributed by atoms with E-state index in [-0.39, 0.29) is 17.8 Å². The highest BCUT2D eigenvalue weighted by atomic mass is 19.4. The monoisotopic (exact) mass is 494 g/mol. The number of fused-ring (bicyclic) bond motifs is 1. The lowest BCUT2D eigenvalue weighted by Crippen LogP contribution is -2.41. The Bertz CT molecular complexity index is 1400. The number of aromatic nitrogens is 5. The maximum Gasteiger partial charge on any atom is 0.434 e. The first-order valence-electron chi connectivity index (χ1n) is 12.0. The SMILES string of the molecule is Cc1nc(-c2cccnc2C(C)C)c2n1C[C@@H](C)N(c1ccc(-c3nc(C(F)(F)F)cn3C)cc1)C2. The predicted octanol–water partition coefficient (Wildman–Crippen LogP) is 6.20. The highest BCUT2D eigenvalue weighted by Crippen LogP contribution is 2.36. The third-order valence-electron chi connectivity index (χ3n) is 6.83. The largest absolute Gasteiger partial charge is 0.434 e. The van der Waals surface area contributed by atoms with Gasteiger partial charge in [-0.25, -0.2) is 9.97 Å². The van der Waals surface area contributed by atoms with Gasteiger partial charge in [-0.15, -0.1) is 0 Å². The quantitative estimate of drug-likeness (QED) is 0.339. The van der Waals surface area contributed by atoms with E-state index in [0.29, 0.717) is 12.1 Å². The van der Waals surface area contributed by atoms with Crippen molar-refractivity contribution in [2.75, 3.05) is 4.90 Å². The van der Waals surface area contributed by atoms with E-state index in [4.69, 9.17) is 4.98 Å². The van der Waals surface area contributed by atoms with Crippen molar-refractivity contribution in [1.29, 1.82) is 0 Å². The number of aryl methyl sites for hydroxylation is 2. The molecule has 0 radical (unpaired) electrons. The Balaban J connectivity index is 1.48. The minimum atomic E-state index is -4.47. The average Bonchev–Trinajstić information content (AvgIpc) is 3.38. The van der Waals surface area contributed by atoms with Gasteiger partial charge in [-0.3, -0.25) is 4.98 Å². The van der Waals surface area contributed by atoms with Crippen LogP contribution in [0.4, 0.5) is 18.9 Å². The molecule has 1 aliphatic rings. The summed E-state index contributed by atoms with van der Waals surface area (Å²) in [4.78, 5) is 15.7. The smallest absolute Gasteiger partial charge is 0.361 e. The lowest BCUT2D eigenvalue weighted by atomic mass is 9.99. The number of rotatable bonds is 4. The molecule has 0 N–H and O–H groups in total. The number of pyridine rings is 1. The molecule has 1 aliphatic heterocycles. The molecule has 0 unspecified atom stereocenters. The highest BCUT2D eigenvalue weighted by molar-refractivity contribution is 5.67. The van der Waals surface area contributed by atoms with Crippen molar-refractivity contribution in [1.82, 2.24) is 24.1 Å². The van der Waals surface area contributed by atoms with Crippen LogP contribution >= 0.6 is 0 Å². The first kappa shape index (κ1) is 24.1. The number of alkyl halides is 3. The summed E-state index contributed by atoms with van der Waals surface area (Å²) in [5.41, 5.74) is 4.95. The zero-order valence-electron chi connectivity index (χ0n) is 21.0. The summed E-state index contributed by atoms with van der Waals surface area (Å²) in [5, 5.41) is 0. The predicted molar refractivity (Wildman–Crippen MR) is 134 cm³/mol. The third-order valence-corrected chi connectivity index (χ3v) is 6.83. The maximum absolute atomic E-state index is 13.1. The number of imidazole rings is 2. The van der Waals surface area contributed by atoms with Gasteiger partial charge in [0.1, 0.15) is 11.6 Å². The zero-order valence-corrected chi connectivity index (χ0v) is 21.0. The Labute approximate surface area is 208 Å². The van der Waals surface area contributed by atoms with Gasteiger partial charge in [0.25, 0.3) is 0 Å². The average molecular weight is 495 g/mol. The Morgan fingerprint density at radius 2 is 1.78 bits per heavy atom. The summed E-state index contributed by atoms with van der Waals surface area (Å²) in [5.74, 6) is 1.54. The molecule has 0 bridgehead atoms. The Morgan fingerprint density at radius 3 is 2.42 bits per heavy atom. The van der Waals surface area contributed by atoms with Gasteiger partial charge >= 0.3 is 6.18 Å². The molecule has 9 heteroatoms. The van der Waals surface area contributed by atoms with E-state index in [0.717, 1.165) is 46.9 Å². The fourth-order valence-corrected chi connectivity index (χ4v) is 5.00. The van der Waals surface area contributed by atoms with Crippen LogP contribution in [0, 0.1) is 6.92 Å². The topological polar surface area (TPSA) is 51.8 Å². The summed E-state index contributed by atoms with van der Waals surface area (Å²) in [6, 6.07) is 11.8. The van der Waals surface area contributed by atoms with E-state index >= 15 is 0 Å². The first-order chi connectivity index (χ1) is 17.0. The Morgan fingerprint density at radius 1 is 1.06 bits per heavy atom. The van der Waals surface area contributed by atoms with E-state index in [1.165, 1.54) is 4.57 Å². The summed E-state index contributed by atoms with van der Waals surface area (Å²) in [7, 11) is 1.58. The van der Waals surface area contributed by atoms with Crippen LogP contribution in [-0.4, -0.2) is 30.1 Å². The number of hydrogen-bond acceptors (Lipinski definition) is 4. The molecule has 1 atom stereocenters. The van der Waals surface area contributed by atoms with Crippen molar-refractivity contribution < 1.29 is 13.2 Å². The molecular formula is C27H29F3N6. The van der Waals surface area contributed by atoms with Gasteiger partial charge in [-0.1, -0.05) is 13.8 Å². The number of benzene rings is 1. The Kier molecular flexibility index (Phi) is 5.89.